The molecule has 0 spiro atoms. The molecule has 8 heteroatoms. The maximum atomic E-state index is 10.2. The highest BCUT2D eigenvalue weighted by atomic mass is 16.7. The Morgan fingerprint density at radius 2 is 2.28 bits per heavy atom. The molecule has 2 aromatic rings. The summed E-state index contributed by atoms with van der Waals surface area (Å²) in [4.78, 5) is 13.2. The van der Waals surface area contributed by atoms with Gasteiger partial charge >= 0.3 is 5.03 Å². The number of nitrogens with zero attached hydrogens (tertiary/aromatic N) is 3. The van der Waals surface area contributed by atoms with E-state index in [2.05, 4.69) is 15.2 Å². The Kier molecular flexibility index (Phi) is 3.19. The average Bonchev–Trinajstić information content (AvgIpc) is 2.72. The first kappa shape index (κ1) is 11.6. The Bertz CT molecular complexity index is 630. The topological polar surface area (TPSA) is 119 Å². The van der Waals surface area contributed by atoms with Crippen LogP contribution in [0.1, 0.15) is 5.56 Å². The summed E-state index contributed by atoms with van der Waals surface area (Å²) >= 11 is 0. The third-order valence-corrected chi connectivity index (χ3v) is 2.19. The molecular weight excluding hydrogens is 236 g/mol. The Morgan fingerprint density at radius 1 is 1.50 bits per heavy atom. The predicted molar refractivity (Wildman–Crippen MR) is 66.1 cm³/mol. The summed E-state index contributed by atoms with van der Waals surface area (Å²) in [5.41, 5.74) is 8.86. The van der Waals surface area contributed by atoms with E-state index in [1.54, 1.807) is 11.6 Å². The lowest BCUT2D eigenvalue weighted by Crippen LogP contribution is -2.36. The summed E-state index contributed by atoms with van der Waals surface area (Å²) in [6, 6.07) is 7.70. The minimum Gasteiger partial charge on any atom is -0.364 e. The number of nitrogens with two attached hydrogens (primary N) is 1. The van der Waals surface area contributed by atoms with Crippen molar-refractivity contribution in [2.45, 2.75) is 0 Å². The van der Waals surface area contributed by atoms with Crippen molar-refractivity contribution < 1.29 is 10.2 Å². The summed E-state index contributed by atoms with van der Waals surface area (Å²) in [7, 11) is 0. The molecule has 0 unspecified atom stereocenters. The molecule has 5 N–H and O–H groups in total. The van der Waals surface area contributed by atoms with E-state index < -0.39 is 5.03 Å². The van der Waals surface area contributed by atoms with E-state index in [9.17, 15) is 4.91 Å². The number of fused-ring (bicyclic) bond motifs is 1. The van der Waals surface area contributed by atoms with Gasteiger partial charge in [-0.3, -0.25) is 0 Å². The lowest BCUT2D eigenvalue weighted by molar-refractivity contribution is -0.822. The molecule has 0 aliphatic heterocycles. The number of para-hydroxylation sites is 1. The van der Waals surface area contributed by atoms with Crippen molar-refractivity contribution in [3.8, 4) is 0 Å². The quantitative estimate of drug-likeness (QED) is 0.358. The van der Waals surface area contributed by atoms with Gasteiger partial charge in [-0.05, 0) is 11.5 Å². The van der Waals surface area contributed by atoms with Crippen molar-refractivity contribution in [3.05, 3.63) is 40.9 Å². The second kappa shape index (κ2) is 4.95. The SMILES string of the molecule is N/C(=N\N=C\c1c[nH]c2ccccc12)N[N+](=O)O. The molecule has 92 valence electrons. The van der Waals surface area contributed by atoms with Crippen LogP contribution >= 0.6 is 0 Å². The highest BCUT2D eigenvalue weighted by Crippen LogP contribution is 2.15. The molecule has 0 amide bonds. The van der Waals surface area contributed by atoms with Gasteiger partial charge in [0.05, 0.1) is 6.21 Å². The first-order chi connectivity index (χ1) is 8.66. The predicted octanol–water partition coefficient (Wildman–Crippen LogP) is 0.489. The van der Waals surface area contributed by atoms with Crippen LogP contribution in [0.5, 0.6) is 0 Å². The van der Waals surface area contributed by atoms with Gasteiger partial charge in [0.2, 0.25) is 0 Å². The molecule has 0 radical (unpaired) electrons. The Hall–Kier alpha value is -2.90. The molecule has 0 atom stereocenters. The smallest absolute Gasteiger partial charge is 0.362 e. The maximum Gasteiger partial charge on any atom is 0.362 e. The standard InChI is InChI=1S/C10H11N6O2/c11-10(15-16(17)18)14-13-6-7-5-12-9-4-2-1-3-8(7)9/h1-6,12H,(H,17,18)(H3,11,14,15)/q+1/b13-6+. The van der Waals surface area contributed by atoms with Crippen LogP contribution in [0.2, 0.25) is 0 Å². The highest BCUT2D eigenvalue weighted by molar-refractivity contribution is 5.99. The molecule has 0 saturated heterocycles. The molecule has 0 fully saturated rings. The van der Waals surface area contributed by atoms with Gasteiger partial charge in [-0.15, -0.1) is 5.10 Å². The number of benzene rings is 1. The lowest BCUT2D eigenvalue weighted by Gasteiger charge is -1.89. The molecule has 18 heavy (non-hydrogen) atoms. The molecule has 1 aromatic heterocycles. The van der Waals surface area contributed by atoms with Crippen LogP contribution in [-0.4, -0.2) is 27.4 Å². The number of hydrogen-bond donors (Lipinski definition) is 4. The summed E-state index contributed by atoms with van der Waals surface area (Å²) in [6.07, 6.45) is 3.26. The van der Waals surface area contributed by atoms with E-state index in [4.69, 9.17) is 10.9 Å². The molecule has 1 heterocycles. The van der Waals surface area contributed by atoms with Gasteiger partial charge < -0.3 is 10.7 Å². The monoisotopic (exact) mass is 247 g/mol. The fraction of sp³-hybridized carbons (Fsp3) is 0. The normalized spacial score (nSPS) is 12.1. The van der Waals surface area contributed by atoms with Crippen LogP contribution < -0.4 is 11.2 Å². The van der Waals surface area contributed by atoms with E-state index in [1.165, 1.54) is 6.21 Å². The molecule has 0 saturated carbocycles. The Morgan fingerprint density at radius 3 is 3.06 bits per heavy atom. The van der Waals surface area contributed by atoms with E-state index in [0.29, 0.717) is 0 Å². The second-order valence-electron chi connectivity index (χ2n) is 3.40. The Balaban J connectivity index is 2.16. The van der Waals surface area contributed by atoms with Crippen molar-refractivity contribution in [1.82, 2.24) is 10.4 Å². The van der Waals surface area contributed by atoms with Gasteiger partial charge in [-0.25, -0.2) is 5.21 Å². The minimum absolute atomic E-state index is 0.316. The average molecular weight is 247 g/mol. The van der Waals surface area contributed by atoms with Crippen molar-refractivity contribution in [3.63, 3.8) is 0 Å². The molecule has 0 aliphatic rings. The zero-order valence-electron chi connectivity index (χ0n) is 9.24. The van der Waals surface area contributed by atoms with Gasteiger partial charge in [0.25, 0.3) is 5.96 Å². The van der Waals surface area contributed by atoms with Crippen molar-refractivity contribution in [1.29, 1.82) is 0 Å². The van der Waals surface area contributed by atoms with Crippen molar-refractivity contribution in [2.24, 2.45) is 15.9 Å². The summed E-state index contributed by atoms with van der Waals surface area (Å²) in [5.74, 6) is -0.316. The first-order valence-corrected chi connectivity index (χ1v) is 5.02. The number of hydrogen-bond acceptors (Lipinski definition) is 3. The van der Waals surface area contributed by atoms with Gasteiger partial charge in [0, 0.05) is 22.7 Å². The van der Waals surface area contributed by atoms with E-state index in [0.717, 1.165) is 16.5 Å². The highest BCUT2D eigenvalue weighted by Gasteiger charge is 2.03. The lowest BCUT2D eigenvalue weighted by atomic mass is 10.2. The fourth-order valence-electron chi connectivity index (χ4n) is 1.47. The number of guanidine groups is 1. The first-order valence-electron chi connectivity index (χ1n) is 5.02. The molecule has 2 rings (SSSR count). The number of hydrazine groups is 1. The molecule has 0 aliphatic carbocycles. The Labute approximate surface area is 101 Å². The fourth-order valence-corrected chi connectivity index (χ4v) is 1.47. The van der Waals surface area contributed by atoms with Crippen LogP contribution in [0.15, 0.2) is 40.7 Å². The molecule has 8 nitrogen and oxygen atoms in total. The van der Waals surface area contributed by atoms with Gasteiger partial charge in [-0.2, -0.15) is 5.10 Å². The van der Waals surface area contributed by atoms with Crippen molar-refractivity contribution >= 4 is 23.1 Å². The maximum absolute atomic E-state index is 10.2. The van der Waals surface area contributed by atoms with Crippen LogP contribution in [0.3, 0.4) is 0 Å². The van der Waals surface area contributed by atoms with Crippen LogP contribution in [0.4, 0.5) is 0 Å². The number of aromatic amines is 1. The largest absolute Gasteiger partial charge is 0.364 e. The number of H-pyrrole nitrogens is 1. The van der Waals surface area contributed by atoms with Crippen LogP contribution in [0, 0.1) is 4.91 Å². The van der Waals surface area contributed by atoms with E-state index in [1.807, 2.05) is 24.3 Å². The molecular formula is C10H11N6O2+. The van der Waals surface area contributed by atoms with E-state index in [-0.39, 0.29) is 5.96 Å². The zero-order valence-corrected chi connectivity index (χ0v) is 9.24. The molecule has 1 aromatic carbocycles. The summed E-state index contributed by atoms with van der Waals surface area (Å²) in [6.45, 7) is 0. The van der Waals surface area contributed by atoms with Gasteiger partial charge in [0.15, 0.2) is 0 Å². The zero-order chi connectivity index (χ0) is 13.0. The number of nitrogens with one attached hydrogen (secondary N) is 2. The van der Waals surface area contributed by atoms with Crippen LogP contribution in [0.25, 0.3) is 10.9 Å². The summed E-state index contributed by atoms with van der Waals surface area (Å²) < 4.78 is 0. The third-order valence-electron chi connectivity index (χ3n) is 2.19. The van der Waals surface area contributed by atoms with Gasteiger partial charge in [0.1, 0.15) is 4.91 Å². The van der Waals surface area contributed by atoms with Crippen LogP contribution in [-0.2, 0) is 0 Å². The number of aromatic nitrogens is 1. The van der Waals surface area contributed by atoms with E-state index >= 15 is 0 Å². The summed E-state index contributed by atoms with van der Waals surface area (Å²) in [5, 5.41) is 15.9. The number of rotatable bonds is 3. The molecule has 0 bridgehead atoms. The second-order valence-corrected chi connectivity index (χ2v) is 3.40. The van der Waals surface area contributed by atoms with Crippen molar-refractivity contribution in [2.75, 3.05) is 0 Å². The van der Waals surface area contributed by atoms with Gasteiger partial charge in [-0.1, -0.05) is 18.2 Å². The minimum atomic E-state index is -0.556. The third kappa shape index (κ3) is 2.61.